The van der Waals surface area contributed by atoms with Crippen molar-refractivity contribution >= 4 is 6.09 Å². The van der Waals surface area contributed by atoms with Crippen LogP contribution in [0.3, 0.4) is 0 Å². The Hall–Kier alpha value is -2.67. The largest absolute Gasteiger partial charge is 0.497 e. The normalized spacial score (nSPS) is 18.5. The predicted octanol–water partition coefficient (Wildman–Crippen LogP) is 4.73. The van der Waals surface area contributed by atoms with Crippen LogP contribution in [-0.4, -0.2) is 71.0 Å². The topological polar surface area (TPSA) is 67.8 Å². The van der Waals surface area contributed by atoms with Gasteiger partial charge in [-0.2, -0.15) is 10.2 Å². The highest BCUT2D eigenvalue weighted by Crippen LogP contribution is 2.26. The fourth-order valence-electron chi connectivity index (χ4n) is 5.10. The molecule has 1 aromatic carbocycles. The molecule has 2 aliphatic heterocycles. The monoisotopic (exact) mass is 480 g/mol. The molecule has 2 aromatic rings. The van der Waals surface area contributed by atoms with E-state index < -0.39 is 5.60 Å². The minimum Gasteiger partial charge on any atom is -0.497 e. The fraction of sp³-hybridized carbons (Fsp3) is 0.607. The summed E-state index contributed by atoms with van der Waals surface area (Å²) in [4.78, 5) is 16.8. The second kappa shape index (κ2) is 11.4. The lowest BCUT2D eigenvalue weighted by molar-refractivity contribution is 0.0118. The molecule has 0 N–H and O–H groups in total. The van der Waals surface area contributed by atoms with E-state index in [9.17, 15) is 4.79 Å². The van der Waals surface area contributed by atoms with Gasteiger partial charge in [0.15, 0.2) is 0 Å². The van der Waals surface area contributed by atoms with E-state index in [0.29, 0.717) is 12.0 Å². The third kappa shape index (κ3) is 7.40. The van der Waals surface area contributed by atoms with E-state index >= 15 is 0 Å². The number of aromatic nitrogens is 2. The summed E-state index contributed by atoms with van der Waals surface area (Å²) in [7, 11) is 1.68. The molecule has 3 heterocycles. The summed E-state index contributed by atoms with van der Waals surface area (Å²) < 4.78 is 10.8. The summed E-state index contributed by atoms with van der Waals surface area (Å²) >= 11 is 0. The molecule has 0 saturated carbocycles. The molecule has 2 saturated heterocycles. The Morgan fingerprint density at radius 3 is 2.11 bits per heavy atom. The van der Waals surface area contributed by atoms with E-state index in [4.69, 9.17) is 9.47 Å². The number of piperidine rings is 2. The number of amides is 1. The maximum absolute atomic E-state index is 12.3. The van der Waals surface area contributed by atoms with Crippen molar-refractivity contribution in [1.29, 1.82) is 0 Å². The first-order valence-electron chi connectivity index (χ1n) is 13.0. The van der Waals surface area contributed by atoms with Crippen molar-refractivity contribution in [2.75, 3.05) is 33.3 Å². The molecule has 35 heavy (non-hydrogen) atoms. The Bertz CT molecular complexity index is 940. The zero-order valence-electron chi connectivity index (χ0n) is 21.7. The number of benzene rings is 1. The second-order valence-electron chi connectivity index (χ2n) is 10.9. The number of carbonyl (C=O) groups excluding carboxylic acids is 1. The van der Waals surface area contributed by atoms with E-state index in [1.54, 1.807) is 7.11 Å². The Morgan fingerprint density at radius 1 is 0.914 bits per heavy atom. The van der Waals surface area contributed by atoms with Gasteiger partial charge < -0.3 is 19.3 Å². The second-order valence-corrected chi connectivity index (χ2v) is 10.9. The molecule has 4 rings (SSSR count). The van der Waals surface area contributed by atoms with Gasteiger partial charge >= 0.3 is 6.09 Å². The Balaban J connectivity index is 1.18. The van der Waals surface area contributed by atoms with Crippen LogP contribution in [0.4, 0.5) is 4.79 Å². The number of hydrogen-bond acceptors (Lipinski definition) is 6. The minimum atomic E-state index is -0.433. The predicted molar refractivity (Wildman–Crippen MR) is 137 cm³/mol. The summed E-state index contributed by atoms with van der Waals surface area (Å²) in [6, 6.07) is 12.9. The number of carbonyl (C=O) groups is 1. The highest BCUT2D eigenvalue weighted by molar-refractivity contribution is 5.68. The Morgan fingerprint density at radius 2 is 1.54 bits per heavy atom. The molecule has 7 nitrogen and oxygen atoms in total. The molecule has 1 aromatic heterocycles. The smallest absolute Gasteiger partial charge is 0.410 e. The van der Waals surface area contributed by atoms with Crippen LogP contribution in [0.15, 0.2) is 36.4 Å². The number of rotatable bonds is 6. The van der Waals surface area contributed by atoms with Gasteiger partial charge in [0, 0.05) is 25.6 Å². The van der Waals surface area contributed by atoms with Crippen LogP contribution in [0.1, 0.15) is 63.4 Å². The van der Waals surface area contributed by atoms with Crippen molar-refractivity contribution < 1.29 is 14.3 Å². The highest BCUT2D eigenvalue weighted by Gasteiger charge is 2.31. The summed E-state index contributed by atoms with van der Waals surface area (Å²) in [6.07, 6.45) is 6.06. The molecule has 1 amide bonds. The average Bonchev–Trinajstić information content (AvgIpc) is 2.85. The summed E-state index contributed by atoms with van der Waals surface area (Å²) in [5, 5.41) is 9.00. The van der Waals surface area contributed by atoms with E-state index in [1.165, 1.54) is 18.4 Å². The number of ether oxygens (including phenoxy) is 2. The minimum absolute atomic E-state index is 0.175. The lowest BCUT2D eigenvalue weighted by Crippen LogP contribution is -2.49. The van der Waals surface area contributed by atoms with Crippen molar-refractivity contribution in [3.05, 3.63) is 53.3 Å². The molecule has 2 fully saturated rings. The third-order valence-corrected chi connectivity index (χ3v) is 7.10. The van der Waals surface area contributed by atoms with Crippen LogP contribution in [0, 0.1) is 5.92 Å². The summed E-state index contributed by atoms with van der Waals surface area (Å²) in [5.41, 5.74) is 2.85. The molecule has 0 spiro atoms. The third-order valence-electron chi connectivity index (χ3n) is 7.10. The van der Waals surface area contributed by atoms with Crippen LogP contribution in [0.25, 0.3) is 0 Å². The van der Waals surface area contributed by atoms with Crippen molar-refractivity contribution in [3.8, 4) is 5.75 Å². The number of likely N-dealkylation sites (tertiary alicyclic amines) is 2. The van der Waals surface area contributed by atoms with Gasteiger partial charge in [-0.25, -0.2) is 4.79 Å². The van der Waals surface area contributed by atoms with Crippen molar-refractivity contribution in [2.24, 2.45) is 5.92 Å². The average molecular weight is 481 g/mol. The van der Waals surface area contributed by atoms with Gasteiger partial charge in [0.1, 0.15) is 11.4 Å². The first-order valence-corrected chi connectivity index (χ1v) is 13.0. The van der Waals surface area contributed by atoms with Gasteiger partial charge in [-0.3, -0.25) is 0 Å². The maximum Gasteiger partial charge on any atom is 0.410 e. The molecule has 0 unspecified atom stereocenters. The molecule has 0 aliphatic carbocycles. The molecule has 0 radical (unpaired) electrons. The Labute approximate surface area is 209 Å². The van der Waals surface area contributed by atoms with Crippen molar-refractivity contribution in [3.63, 3.8) is 0 Å². The van der Waals surface area contributed by atoms with E-state index in [2.05, 4.69) is 39.4 Å². The molecule has 2 aliphatic rings. The SMILES string of the molecule is COc1ccc(Cc2ccc(CC3CCN(C4CCN(C(=O)OC(C)(C)C)CC4)CC3)nn2)cc1. The first-order chi connectivity index (χ1) is 16.8. The van der Waals surface area contributed by atoms with Gasteiger partial charge in [-0.05, 0) is 102 Å². The van der Waals surface area contributed by atoms with Crippen molar-refractivity contribution in [2.45, 2.75) is 70.9 Å². The number of methoxy groups -OCH3 is 1. The molecule has 7 heteroatoms. The number of hydrogen-bond donors (Lipinski definition) is 0. The fourth-order valence-corrected chi connectivity index (χ4v) is 5.10. The maximum atomic E-state index is 12.3. The molecular weight excluding hydrogens is 440 g/mol. The summed E-state index contributed by atoms with van der Waals surface area (Å²) in [6.45, 7) is 9.60. The Kier molecular flexibility index (Phi) is 8.26. The zero-order chi connectivity index (χ0) is 24.8. The van der Waals surface area contributed by atoms with Crippen LogP contribution >= 0.6 is 0 Å². The van der Waals surface area contributed by atoms with Gasteiger partial charge in [0.05, 0.1) is 18.5 Å². The standard InChI is InChI=1S/C28H40N4O3/c1-28(2,3)35-27(33)32-17-13-25(14-18-32)31-15-11-22(12-16-31)20-24-8-7-23(29-30-24)19-21-5-9-26(34-4)10-6-21/h5-10,22,25H,11-20H2,1-4H3. The quantitative estimate of drug-likeness (QED) is 0.595. The lowest BCUT2D eigenvalue weighted by Gasteiger charge is -2.41. The van der Waals surface area contributed by atoms with E-state index in [1.807, 2.05) is 37.8 Å². The van der Waals surface area contributed by atoms with Gasteiger partial charge in [-0.15, -0.1) is 0 Å². The molecular formula is C28H40N4O3. The van der Waals surface area contributed by atoms with E-state index in [0.717, 1.165) is 69.0 Å². The molecule has 0 atom stereocenters. The lowest BCUT2D eigenvalue weighted by atomic mass is 9.90. The van der Waals surface area contributed by atoms with Gasteiger partial charge in [0.25, 0.3) is 0 Å². The van der Waals surface area contributed by atoms with Gasteiger partial charge in [-0.1, -0.05) is 12.1 Å². The van der Waals surface area contributed by atoms with Crippen LogP contribution in [0.2, 0.25) is 0 Å². The number of nitrogens with zero attached hydrogens (tertiary/aromatic N) is 4. The first kappa shape index (κ1) is 25.4. The van der Waals surface area contributed by atoms with E-state index in [-0.39, 0.29) is 6.09 Å². The van der Waals surface area contributed by atoms with Crippen LogP contribution in [0.5, 0.6) is 5.75 Å². The molecule has 0 bridgehead atoms. The zero-order valence-corrected chi connectivity index (χ0v) is 21.7. The van der Waals surface area contributed by atoms with Crippen LogP contribution < -0.4 is 4.74 Å². The highest BCUT2D eigenvalue weighted by atomic mass is 16.6. The van der Waals surface area contributed by atoms with Crippen molar-refractivity contribution in [1.82, 2.24) is 20.0 Å². The van der Waals surface area contributed by atoms with Crippen LogP contribution in [-0.2, 0) is 17.6 Å². The van der Waals surface area contributed by atoms with Gasteiger partial charge in [0.2, 0.25) is 0 Å². The molecule has 190 valence electrons. The summed E-state index contributed by atoms with van der Waals surface area (Å²) in [5.74, 6) is 1.53.